The normalized spacial score (nSPS) is 10.7. The van der Waals surface area contributed by atoms with E-state index in [-0.39, 0.29) is 18.0 Å². The molecule has 2 aromatic carbocycles. The van der Waals surface area contributed by atoms with E-state index in [2.05, 4.69) is 22.4 Å². The summed E-state index contributed by atoms with van der Waals surface area (Å²) in [5.74, 6) is 0.241. The van der Waals surface area contributed by atoms with Crippen molar-refractivity contribution in [1.29, 1.82) is 0 Å². The van der Waals surface area contributed by atoms with Gasteiger partial charge in [0.2, 0.25) is 5.91 Å². The zero-order valence-electron chi connectivity index (χ0n) is 16.4. The lowest BCUT2D eigenvalue weighted by Gasteiger charge is -2.14. The van der Waals surface area contributed by atoms with E-state index >= 15 is 0 Å². The highest BCUT2D eigenvalue weighted by atomic mass is 35.5. The van der Waals surface area contributed by atoms with E-state index in [0.717, 1.165) is 12.8 Å². The number of benzene rings is 2. The van der Waals surface area contributed by atoms with Crippen molar-refractivity contribution in [2.24, 2.45) is 0 Å². The standard InChI is InChI=1S/C23H24ClN3O2/c1-2-20-15-22(29)27(23(26-20)18-11-6-12-19(24)14-18)16-21(28)25-13-7-10-17-8-4-3-5-9-17/h3-6,8-9,11-12,14-15H,2,7,10,13,16H2,1H3,(H,25,28). The molecular weight excluding hydrogens is 386 g/mol. The average Bonchev–Trinajstić information content (AvgIpc) is 2.73. The predicted molar refractivity (Wildman–Crippen MR) is 116 cm³/mol. The molecule has 0 aliphatic heterocycles. The molecule has 5 nitrogen and oxygen atoms in total. The van der Waals surface area contributed by atoms with Crippen molar-refractivity contribution in [3.8, 4) is 11.4 Å². The molecule has 0 unspecified atom stereocenters. The van der Waals surface area contributed by atoms with Crippen LogP contribution in [0.5, 0.6) is 0 Å². The van der Waals surface area contributed by atoms with Crippen LogP contribution in [0.4, 0.5) is 0 Å². The predicted octanol–water partition coefficient (Wildman–Crippen LogP) is 3.88. The second-order valence-corrected chi connectivity index (χ2v) is 7.23. The first-order valence-electron chi connectivity index (χ1n) is 9.74. The van der Waals surface area contributed by atoms with Crippen LogP contribution in [-0.4, -0.2) is 22.0 Å². The molecule has 0 spiro atoms. The first-order chi connectivity index (χ1) is 14.1. The van der Waals surface area contributed by atoms with Crippen molar-refractivity contribution in [2.75, 3.05) is 6.54 Å². The Morgan fingerprint density at radius 1 is 1.10 bits per heavy atom. The van der Waals surface area contributed by atoms with Gasteiger partial charge in [-0.15, -0.1) is 0 Å². The first-order valence-corrected chi connectivity index (χ1v) is 10.1. The summed E-state index contributed by atoms with van der Waals surface area (Å²) in [5.41, 5.74) is 2.39. The number of rotatable bonds is 8. The number of hydrogen-bond acceptors (Lipinski definition) is 3. The van der Waals surface area contributed by atoms with Crippen LogP contribution < -0.4 is 10.9 Å². The molecule has 1 amide bonds. The number of carbonyl (C=O) groups excluding carboxylic acids is 1. The number of carbonyl (C=O) groups is 1. The molecule has 0 aliphatic carbocycles. The van der Waals surface area contributed by atoms with Crippen LogP contribution in [-0.2, 0) is 24.2 Å². The van der Waals surface area contributed by atoms with Gasteiger partial charge in [-0.3, -0.25) is 14.2 Å². The molecule has 6 heteroatoms. The highest BCUT2D eigenvalue weighted by molar-refractivity contribution is 6.30. The molecule has 0 saturated carbocycles. The smallest absolute Gasteiger partial charge is 0.254 e. The zero-order valence-corrected chi connectivity index (χ0v) is 17.2. The molecule has 29 heavy (non-hydrogen) atoms. The second-order valence-electron chi connectivity index (χ2n) is 6.80. The van der Waals surface area contributed by atoms with Crippen molar-refractivity contribution in [3.05, 3.63) is 87.3 Å². The topological polar surface area (TPSA) is 64.0 Å². The minimum Gasteiger partial charge on any atom is -0.355 e. The number of nitrogens with zero attached hydrogens (tertiary/aromatic N) is 2. The molecule has 1 aromatic heterocycles. The highest BCUT2D eigenvalue weighted by Crippen LogP contribution is 2.20. The molecule has 150 valence electrons. The van der Waals surface area contributed by atoms with Gasteiger partial charge >= 0.3 is 0 Å². The number of aryl methyl sites for hydroxylation is 2. The molecule has 3 rings (SSSR count). The summed E-state index contributed by atoms with van der Waals surface area (Å²) >= 11 is 6.11. The molecule has 1 N–H and O–H groups in total. The maximum Gasteiger partial charge on any atom is 0.254 e. The quantitative estimate of drug-likeness (QED) is 0.574. The average molecular weight is 410 g/mol. The molecule has 0 bridgehead atoms. The van der Waals surface area contributed by atoms with Gasteiger partial charge in [-0.2, -0.15) is 0 Å². The Labute approximate surface area is 175 Å². The molecule has 0 fully saturated rings. The Bertz CT molecular complexity index is 1030. The minimum absolute atomic E-state index is 0.0803. The van der Waals surface area contributed by atoms with Crippen LogP contribution in [0, 0.1) is 0 Å². The first kappa shape index (κ1) is 20.8. The largest absolute Gasteiger partial charge is 0.355 e. The summed E-state index contributed by atoms with van der Waals surface area (Å²) in [4.78, 5) is 29.7. The van der Waals surface area contributed by atoms with E-state index < -0.39 is 0 Å². The molecule has 0 atom stereocenters. The highest BCUT2D eigenvalue weighted by Gasteiger charge is 2.14. The third kappa shape index (κ3) is 5.78. The molecular formula is C23H24ClN3O2. The van der Waals surface area contributed by atoms with Crippen molar-refractivity contribution in [2.45, 2.75) is 32.7 Å². The third-order valence-corrected chi connectivity index (χ3v) is 4.85. The van der Waals surface area contributed by atoms with E-state index in [9.17, 15) is 9.59 Å². The van der Waals surface area contributed by atoms with Crippen LogP contribution in [0.15, 0.2) is 65.5 Å². The molecule has 0 saturated heterocycles. The number of amides is 1. The van der Waals surface area contributed by atoms with Crippen LogP contribution in [0.2, 0.25) is 5.02 Å². The van der Waals surface area contributed by atoms with Gasteiger partial charge in [0.05, 0.1) is 0 Å². The molecule has 1 heterocycles. The fraction of sp³-hybridized carbons (Fsp3) is 0.261. The van der Waals surface area contributed by atoms with Gasteiger partial charge in [-0.05, 0) is 37.0 Å². The van der Waals surface area contributed by atoms with Crippen LogP contribution >= 0.6 is 11.6 Å². The van der Waals surface area contributed by atoms with Gasteiger partial charge in [-0.1, -0.05) is 61.0 Å². The second kappa shape index (κ2) is 10.0. The van der Waals surface area contributed by atoms with Gasteiger partial charge in [0.1, 0.15) is 12.4 Å². The van der Waals surface area contributed by atoms with Gasteiger partial charge in [0.25, 0.3) is 5.56 Å². The maximum atomic E-state index is 12.6. The van der Waals surface area contributed by atoms with Crippen LogP contribution in [0.1, 0.15) is 24.6 Å². The summed E-state index contributed by atoms with van der Waals surface area (Å²) in [6.45, 7) is 2.41. The van der Waals surface area contributed by atoms with E-state index in [1.165, 1.54) is 16.2 Å². The number of nitrogens with one attached hydrogen (secondary N) is 1. The molecule has 0 radical (unpaired) electrons. The van der Waals surface area contributed by atoms with E-state index in [1.54, 1.807) is 18.2 Å². The SMILES string of the molecule is CCc1cc(=O)n(CC(=O)NCCCc2ccccc2)c(-c2cccc(Cl)c2)n1. The Morgan fingerprint density at radius 2 is 1.90 bits per heavy atom. The monoisotopic (exact) mass is 409 g/mol. The van der Waals surface area contributed by atoms with Gasteiger partial charge in [0, 0.05) is 28.9 Å². The zero-order chi connectivity index (χ0) is 20.6. The van der Waals surface area contributed by atoms with Gasteiger partial charge in [0.15, 0.2) is 0 Å². The summed E-state index contributed by atoms with van der Waals surface area (Å²) in [7, 11) is 0. The van der Waals surface area contributed by atoms with Crippen molar-refractivity contribution < 1.29 is 4.79 Å². The van der Waals surface area contributed by atoms with E-state index in [0.29, 0.717) is 35.1 Å². The number of hydrogen-bond donors (Lipinski definition) is 1. The Kier molecular flexibility index (Phi) is 7.19. The molecule has 3 aromatic rings. The van der Waals surface area contributed by atoms with E-state index in [4.69, 9.17) is 11.6 Å². The third-order valence-electron chi connectivity index (χ3n) is 4.62. The lowest BCUT2D eigenvalue weighted by molar-refractivity contribution is -0.121. The lowest BCUT2D eigenvalue weighted by Crippen LogP contribution is -2.34. The summed E-state index contributed by atoms with van der Waals surface area (Å²) in [5, 5.41) is 3.45. The maximum absolute atomic E-state index is 12.6. The number of halogens is 1. The minimum atomic E-state index is -0.244. The Balaban J connectivity index is 1.70. The fourth-order valence-corrected chi connectivity index (χ4v) is 3.29. The summed E-state index contributed by atoms with van der Waals surface area (Å²) < 4.78 is 1.40. The van der Waals surface area contributed by atoms with Crippen molar-refractivity contribution in [3.63, 3.8) is 0 Å². The fourth-order valence-electron chi connectivity index (χ4n) is 3.10. The Morgan fingerprint density at radius 3 is 2.62 bits per heavy atom. The van der Waals surface area contributed by atoms with Crippen LogP contribution in [0.3, 0.4) is 0 Å². The summed E-state index contributed by atoms with van der Waals surface area (Å²) in [6.07, 6.45) is 2.36. The summed E-state index contributed by atoms with van der Waals surface area (Å²) in [6, 6.07) is 18.8. The number of aromatic nitrogens is 2. The Hall–Kier alpha value is -2.92. The van der Waals surface area contributed by atoms with E-state index in [1.807, 2.05) is 31.2 Å². The van der Waals surface area contributed by atoms with Crippen LogP contribution in [0.25, 0.3) is 11.4 Å². The molecule has 0 aliphatic rings. The van der Waals surface area contributed by atoms with Crippen molar-refractivity contribution >= 4 is 17.5 Å². The van der Waals surface area contributed by atoms with Gasteiger partial charge in [-0.25, -0.2) is 4.98 Å². The lowest BCUT2D eigenvalue weighted by atomic mass is 10.1. The van der Waals surface area contributed by atoms with Gasteiger partial charge < -0.3 is 5.32 Å². The van der Waals surface area contributed by atoms with Crippen molar-refractivity contribution in [1.82, 2.24) is 14.9 Å².